The van der Waals surface area contributed by atoms with Gasteiger partial charge in [-0.2, -0.15) is 0 Å². The van der Waals surface area contributed by atoms with Gasteiger partial charge in [0.15, 0.2) is 0 Å². The van der Waals surface area contributed by atoms with E-state index in [1.165, 1.54) is 19.8 Å². The Morgan fingerprint density at radius 3 is 2.67 bits per heavy atom. The topological polar surface area (TPSA) is 35.5 Å². The van der Waals surface area contributed by atoms with E-state index in [1.807, 2.05) is 0 Å². The molecule has 0 N–H and O–H groups in total. The van der Waals surface area contributed by atoms with E-state index in [2.05, 4.69) is 13.8 Å². The molecule has 0 saturated heterocycles. The molecule has 3 nitrogen and oxygen atoms in total. The molecule has 4 atom stereocenters. The Balaban J connectivity index is 2.52. The van der Waals surface area contributed by atoms with Gasteiger partial charge in [0.25, 0.3) is 0 Å². The van der Waals surface area contributed by atoms with Crippen LogP contribution in [0.25, 0.3) is 0 Å². The number of hydrogen-bond acceptors (Lipinski definition) is 3. The SMILES string of the molecule is CO[C@H](C)[C@@H]1CC[C@H](C)[C@@H]1COC(C)=O. The number of carbonyl (C=O) groups is 1. The van der Waals surface area contributed by atoms with Gasteiger partial charge in [0.1, 0.15) is 0 Å². The maximum atomic E-state index is 10.8. The molecule has 0 amide bonds. The van der Waals surface area contributed by atoms with Crippen molar-refractivity contribution in [3.8, 4) is 0 Å². The van der Waals surface area contributed by atoms with Crippen molar-refractivity contribution in [3.63, 3.8) is 0 Å². The smallest absolute Gasteiger partial charge is 0.302 e. The molecule has 0 radical (unpaired) electrons. The van der Waals surface area contributed by atoms with Gasteiger partial charge in [-0.25, -0.2) is 0 Å². The normalized spacial score (nSPS) is 32.7. The zero-order valence-electron chi connectivity index (χ0n) is 10.2. The quantitative estimate of drug-likeness (QED) is 0.673. The van der Waals surface area contributed by atoms with Gasteiger partial charge >= 0.3 is 5.97 Å². The summed E-state index contributed by atoms with van der Waals surface area (Å²) in [6.45, 7) is 6.35. The summed E-state index contributed by atoms with van der Waals surface area (Å²) >= 11 is 0. The number of rotatable bonds is 4. The lowest BCUT2D eigenvalue weighted by atomic mass is 9.88. The van der Waals surface area contributed by atoms with Crippen LogP contribution in [0.4, 0.5) is 0 Å². The molecule has 0 aliphatic heterocycles. The van der Waals surface area contributed by atoms with Crippen LogP contribution in [-0.4, -0.2) is 25.8 Å². The zero-order valence-corrected chi connectivity index (χ0v) is 10.2. The summed E-state index contributed by atoms with van der Waals surface area (Å²) in [6, 6.07) is 0. The number of methoxy groups -OCH3 is 1. The summed E-state index contributed by atoms with van der Waals surface area (Å²) in [5.74, 6) is 1.44. The van der Waals surface area contributed by atoms with Crippen LogP contribution in [0.15, 0.2) is 0 Å². The van der Waals surface area contributed by atoms with Crippen molar-refractivity contribution in [1.82, 2.24) is 0 Å². The van der Waals surface area contributed by atoms with E-state index in [-0.39, 0.29) is 12.1 Å². The molecular weight excluding hydrogens is 192 g/mol. The lowest BCUT2D eigenvalue weighted by molar-refractivity contribution is -0.143. The summed E-state index contributed by atoms with van der Waals surface area (Å²) in [5, 5.41) is 0. The van der Waals surface area contributed by atoms with E-state index in [0.29, 0.717) is 24.4 Å². The monoisotopic (exact) mass is 214 g/mol. The lowest BCUT2D eigenvalue weighted by Gasteiger charge is -2.26. The van der Waals surface area contributed by atoms with Gasteiger partial charge in [0.05, 0.1) is 12.7 Å². The Bertz CT molecular complexity index is 215. The molecule has 1 rings (SSSR count). The second-order valence-corrected chi connectivity index (χ2v) is 4.63. The maximum Gasteiger partial charge on any atom is 0.302 e. The third-order valence-electron chi connectivity index (χ3n) is 3.69. The van der Waals surface area contributed by atoms with E-state index in [0.717, 1.165) is 0 Å². The summed E-state index contributed by atoms with van der Waals surface area (Å²) < 4.78 is 10.5. The Kier molecular flexibility index (Phi) is 4.58. The second kappa shape index (κ2) is 5.50. The average Bonchev–Trinajstić information content (AvgIpc) is 2.55. The highest BCUT2D eigenvalue weighted by Crippen LogP contribution is 2.39. The number of esters is 1. The highest BCUT2D eigenvalue weighted by molar-refractivity contribution is 5.65. The van der Waals surface area contributed by atoms with Crippen LogP contribution < -0.4 is 0 Å². The molecule has 0 bridgehead atoms. The van der Waals surface area contributed by atoms with Crippen molar-refractivity contribution in [2.75, 3.05) is 13.7 Å². The Morgan fingerprint density at radius 1 is 1.47 bits per heavy atom. The highest BCUT2D eigenvalue weighted by Gasteiger charge is 2.37. The molecule has 0 heterocycles. The summed E-state index contributed by atoms with van der Waals surface area (Å²) in [4.78, 5) is 10.8. The minimum Gasteiger partial charge on any atom is -0.466 e. The van der Waals surface area contributed by atoms with E-state index in [1.54, 1.807) is 7.11 Å². The lowest BCUT2D eigenvalue weighted by Crippen LogP contribution is -2.29. The molecule has 3 heteroatoms. The third kappa shape index (κ3) is 3.20. The zero-order chi connectivity index (χ0) is 11.4. The fraction of sp³-hybridized carbons (Fsp3) is 0.917. The first-order chi connectivity index (χ1) is 7.06. The van der Waals surface area contributed by atoms with Crippen molar-refractivity contribution < 1.29 is 14.3 Å². The Labute approximate surface area is 92.1 Å². The molecule has 0 aromatic carbocycles. The molecule has 0 aromatic heterocycles. The van der Waals surface area contributed by atoms with Gasteiger partial charge in [0, 0.05) is 20.0 Å². The molecule has 1 fully saturated rings. The predicted octanol–water partition coefficient (Wildman–Crippen LogP) is 2.25. The Hall–Kier alpha value is -0.570. The van der Waals surface area contributed by atoms with E-state index < -0.39 is 0 Å². The molecule has 1 saturated carbocycles. The van der Waals surface area contributed by atoms with Crippen molar-refractivity contribution >= 4 is 5.97 Å². The first-order valence-electron chi connectivity index (χ1n) is 5.72. The van der Waals surface area contributed by atoms with Crippen LogP contribution >= 0.6 is 0 Å². The fourth-order valence-corrected chi connectivity index (χ4v) is 2.56. The summed E-state index contributed by atoms with van der Waals surface area (Å²) in [5.41, 5.74) is 0. The molecule has 1 aliphatic rings. The number of ether oxygens (including phenoxy) is 2. The maximum absolute atomic E-state index is 10.8. The molecular formula is C12H22O3. The summed E-state index contributed by atoms with van der Waals surface area (Å²) in [6.07, 6.45) is 2.65. The molecule has 1 aliphatic carbocycles. The van der Waals surface area contributed by atoms with Crippen LogP contribution in [0.1, 0.15) is 33.6 Å². The molecule has 0 aromatic rings. The molecule has 15 heavy (non-hydrogen) atoms. The fourth-order valence-electron chi connectivity index (χ4n) is 2.56. The van der Waals surface area contributed by atoms with Crippen molar-refractivity contribution in [2.45, 2.75) is 39.7 Å². The number of carbonyl (C=O) groups excluding carboxylic acids is 1. The van der Waals surface area contributed by atoms with Crippen molar-refractivity contribution in [3.05, 3.63) is 0 Å². The first kappa shape index (κ1) is 12.5. The van der Waals surface area contributed by atoms with Crippen LogP contribution in [0.5, 0.6) is 0 Å². The van der Waals surface area contributed by atoms with E-state index >= 15 is 0 Å². The van der Waals surface area contributed by atoms with Crippen molar-refractivity contribution in [2.24, 2.45) is 17.8 Å². The van der Waals surface area contributed by atoms with Crippen molar-refractivity contribution in [1.29, 1.82) is 0 Å². The van der Waals surface area contributed by atoms with Gasteiger partial charge in [-0.1, -0.05) is 6.92 Å². The summed E-state index contributed by atoms with van der Waals surface area (Å²) in [7, 11) is 1.75. The van der Waals surface area contributed by atoms with Crippen LogP contribution in [-0.2, 0) is 14.3 Å². The van der Waals surface area contributed by atoms with Crippen LogP contribution in [0.2, 0.25) is 0 Å². The Morgan fingerprint density at radius 2 is 2.13 bits per heavy atom. The third-order valence-corrected chi connectivity index (χ3v) is 3.69. The molecule has 88 valence electrons. The van der Waals surface area contributed by atoms with Crippen LogP contribution in [0, 0.1) is 17.8 Å². The molecule has 0 unspecified atom stereocenters. The second-order valence-electron chi connectivity index (χ2n) is 4.63. The van der Waals surface area contributed by atoms with Gasteiger partial charge in [-0.15, -0.1) is 0 Å². The largest absolute Gasteiger partial charge is 0.466 e. The highest BCUT2D eigenvalue weighted by atomic mass is 16.5. The van der Waals surface area contributed by atoms with Gasteiger partial charge in [0.2, 0.25) is 0 Å². The molecule has 0 spiro atoms. The standard InChI is InChI=1S/C12H22O3/c1-8-5-6-11(9(2)14-4)12(8)7-15-10(3)13/h8-9,11-12H,5-7H2,1-4H3/t8-,9+,11-,12-/m0/s1. The predicted molar refractivity (Wildman–Crippen MR) is 58.5 cm³/mol. The minimum atomic E-state index is -0.182. The average molecular weight is 214 g/mol. The number of hydrogen-bond donors (Lipinski definition) is 0. The van der Waals surface area contributed by atoms with E-state index in [4.69, 9.17) is 9.47 Å². The van der Waals surface area contributed by atoms with Crippen LogP contribution in [0.3, 0.4) is 0 Å². The van der Waals surface area contributed by atoms with Gasteiger partial charge in [-0.05, 0) is 31.6 Å². The first-order valence-corrected chi connectivity index (χ1v) is 5.72. The van der Waals surface area contributed by atoms with Gasteiger partial charge in [-0.3, -0.25) is 4.79 Å². The minimum absolute atomic E-state index is 0.182. The van der Waals surface area contributed by atoms with E-state index in [9.17, 15) is 4.79 Å². The van der Waals surface area contributed by atoms with Gasteiger partial charge < -0.3 is 9.47 Å².